The molecule has 2 fully saturated rings. The molecule has 7 heteroatoms. The van der Waals surface area contributed by atoms with E-state index in [4.69, 9.17) is 23.4 Å². The van der Waals surface area contributed by atoms with E-state index in [0.29, 0.717) is 18.8 Å². The molecule has 6 nitrogen and oxygen atoms in total. The zero-order chi connectivity index (χ0) is 24.8. The lowest BCUT2D eigenvalue weighted by Crippen LogP contribution is -2.49. The fourth-order valence-corrected chi connectivity index (χ4v) is 5.03. The van der Waals surface area contributed by atoms with Crippen molar-refractivity contribution in [1.29, 1.82) is 0 Å². The number of ketones is 1. The Morgan fingerprint density at radius 2 is 1.76 bits per heavy atom. The molecular formula is C27H42O6Si. The standard InChI is InChI=1S/C27H42O6Si/c1-20(15-18-31-23-11-7-9-16-29-23)13-14-21-19-22(32-24-12-8-10-17-30-24)26(25(21)28)33-34(5,6)27(2,3)4/h15,19,22-24,26H,7-12,16-18H2,1-6H3/b20-15-/t22-,23?,24?,26+/m1/s1. The first-order chi connectivity index (χ1) is 16.1. The molecule has 0 radical (unpaired) electrons. The summed E-state index contributed by atoms with van der Waals surface area (Å²) in [6.45, 7) is 14.6. The maximum Gasteiger partial charge on any atom is 0.201 e. The number of Topliss-reactive ketones (excluding diaryl/α,β-unsaturated/α-hetero) is 1. The molecule has 4 atom stereocenters. The van der Waals surface area contributed by atoms with E-state index in [0.717, 1.165) is 50.7 Å². The zero-order valence-electron chi connectivity index (χ0n) is 21.8. The van der Waals surface area contributed by atoms with E-state index >= 15 is 0 Å². The minimum Gasteiger partial charge on any atom is -0.404 e. The number of ether oxygens (including phenoxy) is 4. The summed E-state index contributed by atoms with van der Waals surface area (Å²) < 4.78 is 29.9. The second kappa shape index (κ2) is 12.1. The van der Waals surface area contributed by atoms with Crippen molar-refractivity contribution in [3.8, 4) is 11.8 Å². The molecule has 34 heavy (non-hydrogen) atoms. The predicted molar refractivity (Wildman–Crippen MR) is 135 cm³/mol. The average Bonchev–Trinajstić information content (AvgIpc) is 3.07. The average molecular weight is 491 g/mol. The highest BCUT2D eigenvalue weighted by molar-refractivity contribution is 6.74. The van der Waals surface area contributed by atoms with Gasteiger partial charge in [-0.05, 0) is 81.3 Å². The topological polar surface area (TPSA) is 63.2 Å². The molecule has 2 unspecified atom stereocenters. The Morgan fingerprint density at radius 1 is 1.12 bits per heavy atom. The number of hydrogen-bond acceptors (Lipinski definition) is 6. The fraction of sp³-hybridized carbons (Fsp3) is 0.741. The second-order valence-electron chi connectivity index (χ2n) is 10.9. The van der Waals surface area contributed by atoms with Crippen molar-refractivity contribution in [1.82, 2.24) is 0 Å². The Labute approximate surface area is 206 Å². The highest BCUT2D eigenvalue weighted by atomic mass is 28.4. The van der Waals surface area contributed by atoms with E-state index in [1.54, 1.807) is 0 Å². The van der Waals surface area contributed by atoms with E-state index in [1.807, 2.05) is 19.1 Å². The van der Waals surface area contributed by atoms with Gasteiger partial charge >= 0.3 is 0 Å². The van der Waals surface area contributed by atoms with Crippen LogP contribution < -0.4 is 0 Å². The van der Waals surface area contributed by atoms with E-state index < -0.39 is 20.5 Å². The van der Waals surface area contributed by atoms with Crippen LogP contribution in [0, 0.1) is 11.8 Å². The lowest BCUT2D eigenvalue weighted by atomic mass is 10.1. The van der Waals surface area contributed by atoms with Crippen LogP contribution in [0.25, 0.3) is 0 Å². The van der Waals surface area contributed by atoms with Crippen LogP contribution in [0.4, 0.5) is 0 Å². The molecule has 2 heterocycles. The van der Waals surface area contributed by atoms with Crippen LogP contribution in [-0.2, 0) is 28.2 Å². The van der Waals surface area contributed by atoms with Crippen molar-refractivity contribution >= 4 is 14.1 Å². The number of hydrogen-bond donors (Lipinski definition) is 0. The largest absolute Gasteiger partial charge is 0.404 e. The molecular weight excluding hydrogens is 448 g/mol. The molecule has 0 N–H and O–H groups in total. The Hall–Kier alpha value is -1.27. The molecule has 3 aliphatic rings. The Kier molecular flexibility index (Phi) is 9.73. The van der Waals surface area contributed by atoms with Crippen molar-refractivity contribution in [2.45, 2.75) is 109 Å². The molecule has 2 saturated heterocycles. The molecule has 0 amide bonds. The van der Waals surface area contributed by atoms with Gasteiger partial charge in [-0.3, -0.25) is 4.79 Å². The van der Waals surface area contributed by atoms with Gasteiger partial charge in [-0.15, -0.1) is 0 Å². The minimum atomic E-state index is -2.19. The monoisotopic (exact) mass is 490 g/mol. The third-order valence-corrected chi connectivity index (χ3v) is 11.5. The number of rotatable bonds is 7. The molecule has 0 aromatic heterocycles. The first-order valence-corrected chi connectivity index (χ1v) is 15.6. The van der Waals surface area contributed by atoms with E-state index in [1.165, 1.54) is 0 Å². The van der Waals surface area contributed by atoms with Gasteiger partial charge in [0.2, 0.25) is 5.78 Å². The minimum absolute atomic E-state index is 0.0189. The summed E-state index contributed by atoms with van der Waals surface area (Å²) in [5, 5.41) is -0.0189. The summed E-state index contributed by atoms with van der Waals surface area (Å²) in [7, 11) is -2.19. The highest BCUT2D eigenvalue weighted by Crippen LogP contribution is 2.39. The summed E-state index contributed by atoms with van der Waals surface area (Å²) in [5.41, 5.74) is 1.31. The molecule has 0 spiro atoms. The van der Waals surface area contributed by atoms with Crippen LogP contribution in [0.1, 0.15) is 66.2 Å². The molecule has 3 rings (SSSR count). The van der Waals surface area contributed by atoms with Crippen molar-refractivity contribution in [2.24, 2.45) is 0 Å². The van der Waals surface area contributed by atoms with Crippen LogP contribution in [0.15, 0.2) is 23.3 Å². The third kappa shape index (κ3) is 7.61. The lowest BCUT2D eigenvalue weighted by molar-refractivity contribution is -0.191. The second-order valence-corrected chi connectivity index (χ2v) is 15.7. The zero-order valence-corrected chi connectivity index (χ0v) is 22.8. The Bertz CT molecular complexity index is 816. The molecule has 0 aromatic rings. The third-order valence-electron chi connectivity index (χ3n) is 7.03. The van der Waals surface area contributed by atoms with Crippen LogP contribution >= 0.6 is 0 Å². The van der Waals surface area contributed by atoms with Crippen molar-refractivity contribution < 1.29 is 28.2 Å². The first kappa shape index (κ1) is 27.3. The van der Waals surface area contributed by atoms with Gasteiger partial charge < -0.3 is 23.4 Å². The van der Waals surface area contributed by atoms with Gasteiger partial charge in [0.05, 0.1) is 12.2 Å². The molecule has 1 aliphatic carbocycles. The van der Waals surface area contributed by atoms with Gasteiger partial charge in [-0.2, -0.15) is 0 Å². The first-order valence-electron chi connectivity index (χ1n) is 12.7. The van der Waals surface area contributed by atoms with Crippen LogP contribution in [0.3, 0.4) is 0 Å². The highest BCUT2D eigenvalue weighted by Gasteiger charge is 2.46. The van der Waals surface area contributed by atoms with Gasteiger partial charge in [0.15, 0.2) is 20.9 Å². The molecule has 0 saturated carbocycles. The van der Waals surface area contributed by atoms with Crippen molar-refractivity contribution in [3.63, 3.8) is 0 Å². The van der Waals surface area contributed by atoms with Crippen LogP contribution in [0.2, 0.25) is 18.1 Å². The predicted octanol–water partition coefficient (Wildman–Crippen LogP) is 5.29. The number of allylic oxidation sites excluding steroid dienone is 1. The normalized spacial score (nSPS) is 28.9. The summed E-state index contributed by atoms with van der Waals surface area (Å²) >= 11 is 0. The van der Waals surface area contributed by atoms with E-state index in [2.05, 4.69) is 45.7 Å². The SMILES string of the molecule is C/C(C#CC1=C[C@@H](OC2CCCCO2)[C@H](O[Si](C)(C)C(C)(C)C)C1=O)=C/COC1CCCCO1. The van der Waals surface area contributed by atoms with Crippen LogP contribution in [0.5, 0.6) is 0 Å². The van der Waals surface area contributed by atoms with Crippen LogP contribution in [-0.4, -0.2) is 58.7 Å². The van der Waals surface area contributed by atoms with Gasteiger partial charge in [0.1, 0.15) is 12.2 Å². The van der Waals surface area contributed by atoms with Gasteiger partial charge in [0.25, 0.3) is 0 Å². The quantitative estimate of drug-likeness (QED) is 0.357. The fourth-order valence-electron chi connectivity index (χ4n) is 3.80. The van der Waals surface area contributed by atoms with Crippen molar-refractivity contribution in [3.05, 3.63) is 23.3 Å². The number of carbonyl (C=O) groups is 1. The Morgan fingerprint density at radius 3 is 2.35 bits per heavy atom. The molecule has 0 aromatic carbocycles. The summed E-state index contributed by atoms with van der Waals surface area (Å²) in [6.07, 6.45) is 8.27. The molecule has 0 bridgehead atoms. The smallest absolute Gasteiger partial charge is 0.201 e. The maximum absolute atomic E-state index is 13.3. The summed E-state index contributed by atoms with van der Waals surface area (Å²) in [5.74, 6) is 6.06. The molecule has 190 valence electrons. The molecule has 2 aliphatic heterocycles. The van der Waals surface area contributed by atoms with E-state index in [9.17, 15) is 4.79 Å². The van der Waals surface area contributed by atoms with Crippen molar-refractivity contribution in [2.75, 3.05) is 19.8 Å². The summed E-state index contributed by atoms with van der Waals surface area (Å²) in [4.78, 5) is 13.3. The van der Waals surface area contributed by atoms with Gasteiger partial charge in [-0.25, -0.2) is 0 Å². The summed E-state index contributed by atoms with van der Waals surface area (Å²) in [6, 6.07) is 0. The van der Waals surface area contributed by atoms with Gasteiger partial charge in [-0.1, -0.05) is 32.6 Å². The van der Waals surface area contributed by atoms with Gasteiger partial charge in [0, 0.05) is 13.2 Å². The number of carbonyl (C=O) groups excluding carboxylic acids is 1. The lowest BCUT2D eigenvalue weighted by Gasteiger charge is -2.39. The maximum atomic E-state index is 13.3. The Balaban J connectivity index is 1.68. The van der Waals surface area contributed by atoms with E-state index in [-0.39, 0.29) is 23.4 Å².